The molecule has 1 aromatic carbocycles. The Bertz CT molecular complexity index is 519. The highest BCUT2D eigenvalue weighted by Gasteiger charge is 2.09. The maximum absolute atomic E-state index is 6.10. The van der Waals surface area contributed by atoms with E-state index in [4.69, 9.17) is 23.2 Å². The number of thioether (sulfide) groups is 1. The van der Waals surface area contributed by atoms with Crippen LogP contribution in [0.4, 0.5) is 0 Å². The van der Waals surface area contributed by atoms with Gasteiger partial charge in [-0.3, -0.25) is 0 Å². The van der Waals surface area contributed by atoms with Crippen LogP contribution in [0.2, 0.25) is 10.0 Å². The monoisotopic (exact) mass is 271 g/mol. The molecule has 0 aliphatic heterocycles. The maximum atomic E-state index is 6.10. The van der Waals surface area contributed by atoms with Crippen LogP contribution in [0.3, 0.4) is 0 Å². The van der Waals surface area contributed by atoms with Crippen LogP contribution in [0.5, 0.6) is 0 Å². The molecule has 0 amide bonds. The molecule has 0 spiro atoms. The van der Waals surface area contributed by atoms with Crippen molar-refractivity contribution in [3.63, 3.8) is 0 Å². The van der Waals surface area contributed by atoms with E-state index >= 15 is 0 Å². The zero-order valence-corrected chi connectivity index (χ0v) is 10.6. The van der Waals surface area contributed by atoms with Crippen LogP contribution < -0.4 is 0 Å². The Morgan fingerprint density at radius 2 is 2.06 bits per heavy atom. The van der Waals surface area contributed by atoms with E-state index < -0.39 is 0 Å². The van der Waals surface area contributed by atoms with Crippen molar-refractivity contribution < 1.29 is 0 Å². The second-order valence-electron chi connectivity index (χ2n) is 2.93. The second kappa shape index (κ2) is 4.99. The standard InChI is InChI=1S/C10H7Cl2N3S/c1-16-10-14-8(5-13-15-10)6-3-2-4-7(11)9(6)12/h2-5H,1H3. The van der Waals surface area contributed by atoms with Crippen molar-refractivity contribution in [2.24, 2.45) is 0 Å². The van der Waals surface area contributed by atoms with Gasteiger partial charge in [-0.25, -0.2) is 4.98 Å². The first-order chi connectivity index (χ1) is 7.72. The number of rotatable bonds is 2. The van der Waals surface area contributed by atoms with Crippen LogP contribution in [0.1, 0.15) is 0 Å². The van der Waals surface area contributed by atoms with E-state index in [0.29, 0.717) is 20.9 Å². The Kier molecular flexibility index (Phi) is 3.63. The summed E-state index contributed by atoms with van der Waals surface area (Å²) < 4.78 is 0. The van der Waals surface area contributed by atoms with Crippen molar-refractivity contribution in [3.05, 3.63) is 34.4 Å². The van der Waals surface area contributed by atoms with E-state index in [1.54, 1.807) is 12.3 Å². The Balaban J connectivity index is 2.54. The van der Waals surface area contributed by atoms with E-state index in [-0.39, 0.29) is 0 Å². The molecule has 0 bridgehead atoms. The van der Waals surface area contributed by atoms with Gasteiger partial charge in [0.1, 0.15) is 0 Å². The van der Waals surface area contributed by atoms with Crippen LogP contribution in [0.15, 0.2) is 29.6 Å². The fourth-order valence-corrected chi connectivity index (χ4v) is 1.92. The second-order valence-corrected chi connectivity index (χ2v) is 4.49. The van der Waals surface area contributed by atoms with Crippen LogP contribution in [0, 0.1) is 0 Å². The Morgan fingerprint density at radius 1 is 1.25 bits per heavy atom. The molecule has 1 heterocycles. The summed E-state index contributed by atoms with van der Waals surface area (Å²) in [7, 11) is 0. The third-order valence-corrected chi connectivity index (χ3v) is 3.31. The molecule has 0 aliphatic rings. The largest absolute Gasteiger partial charge is 0.219 e. The zero-order valence-electron chi connectivity index (χ0n) is 8.32. The van der Waals surface area contributed by atoms with Crippen molar-refractivity contribution in [1.29, 1.82) is 0 Å². The van der Waals surface area contributed by atoms with E-state index in [2.05, 4.69) is 15.2 Å². The van der Waals surface area contributed by atoms with Gasteiger partial charge in [0.15, 0.2) is 0 Å². The minimum Gasteiger partial charge on any atom is -0.219 e. The molecule has 82 valence electrons. The molecule has 1 aromatic heterocycles. The molecular weight excluding hydrogens is 265 g/mol. The van der Waals surface area contributed by atoms with Gasteiger partial charge in [0.2, 0.25) is 5.16 Å². The van der Waals surface area contributed by atoms with Crippen LogP contribution in [-0.2, 0) is 0 Å². The molecule has 16 heavy (non-hydrogen) atoms. The number of benzene rings is 1. The van der Waals surface area contributed by atoms with Crippen molar-refractivity contribution in [3.8, 4) is 11.3 Å². The average molecular weight is 272 g/mol. The summed E-state index contributed by atoms with van der Waals surface area (Å²) in [4.78, 5) is 4.31. The van der Waals surface area contributed by atoms with Gasteiger partial charge in [0.05, 0.1) is 21.9 Å². The topological polar surface area (TPSA) is 38.7 Å². The third kappa shape index (κ3) is 2.29. The SMILES string of the molecule is CSc1nncc(-c2cccc(Cl)c2Cl)n1. The Morgan fingerprint density at radius 3 is 2.81 bits per heavy atom. The molecule has 0 radical (unpaired) electrons. The van der Waals surface area contributed by atoms with Gasteiger partial charge >= 0.3 is 0 Å². The number of nitrogens with zero attached hydrogens (tertiary/aromatic N) is 3. The lowest BCUT2D eigenvalue weighted by molar-refractivity contribution is 0.846. The van der Waals surface area contributed by atoms with Crippen molar-refractivity contribution in [1.82, 2.24) is 15.2 Å². The number of hydrogen-bond donors (Lipinski definition) is 0. The lowest BCUT2D eigenvalue weighted by Crippen LogP contribution is -1.93. The molecule has 0 saturated carbocycles. The molecule has 0 unspecified atom stereocenters. The van der Waals surface area contributed by atoms with Crippen LogP contribution >= 0.6 is 35.0 Å². The summed E-state index contributed by atoms with van der Waals surface area (Å²) in [6, 6.07) is 5.41. The summed E-state index contributed by atoms with van der Waals surface area (Å²) in [5.41, 5.74) is 1.44. The quantitative estimate of drug-likeness (QED) is 0.783. The highest BCUT2D eigenvalue weighted by Crippen LogP contribution is 2.32. The van der Waals surface area contributed by atoms with Gasteiger partial charge in [-0.1, -0.05) is 47.1 Å². The fraction of sp³-hybridized carbons (Fsp3) is 0.100. The summed E-state index contributed by atoms with van der Waals surface area (Å²) in [6.07, 6.45) is 3.46. The maximum Gasteiger partial charge on any atom is 0.209 e. The third-order valence-electron chi connectivity index (χ3n) is 1.95. The Hall–Kier alpha value is -0.840. The van der Waals surface area contributed by atoms with Crippen LogP contribution in [0.25, 0.3) is 11.3 Å². The minimum atomic E-state index is 0.483. The molecule has 0 N–H and O–H groups in total. The highest BCUT2D eigenvalue weighted by atomic mass is 35.5. The van der Waals surface area contributed by atoms with Gasteiger partial charge in [0.25, 0.3) is 0 Å². The Labute approximate surface area is 107 Å². The van der Waals surface area contributed by atoms with Crippen molar-refractivity contribution in [2.45, 2.75) is 5.16 Å². The number of hydrogen-bond acceptors (Lipinski definition) is 4. The number of halogens is 2. The molecule has 0 saturated heterocycles. The predicted octanol–water partition coefficient (Wildman–Crippen LogP) is 3.57. The molecule has 2 aromatic rings. The van der Waals surface area contributed by atoms with E-state index in [1.165, 1.54) is 11.8 Å². The summed E-state index contributed by atoms with van der Waals surface area (Å²) >= 11 is 13.5. The van der Waals surface area contributed by atoms with Gasteiger partial charge in [-0.15, -0.1) is 5.10 Å². The summed E-state index contributed by atoms with van der Waals surface area (Å²) in [5.74, 6) is 0. The zero-order chi connectivity index (χ0) is 11.5. The first kappa shape index (κ1) is 11.6. The fourth-order valence-electron chi connectivity index (χ4n) is 1.21. The van der Waals surface area contributed by atoms with Crippen molar-refractivity contribution >= 4 is 35.0 Å². The van der Waals surface area contributed by atoms with E-state index in [0.717, 1.165) is 5.56 Å². The van der Waals surface area contributed by atoms with Gasteiger partial charge in [0, 0.05) is 5.56 Å². The molecule has 2 rings (SSSR count). The normalized spacial score (nSPS) is 10.4. The molecule has 0 atom stereocenters. The predicted molar refractivity (Wildman–Crippen MR) is 67.1 cm³/mol. The summed E-state index contributed by atoms with van der Waals surface area (Å²) in [5, 5.41) is 9.32. The van der Waals surface area contributed by atoms with Crippen molar-refractivity contribution in [2.75, 3.05) is 6.26 Å². The van der Waals surface area contributed by atoms with E-state index in [9.17, 15) is 0 Å². The van der Waals surface area contributed by atoms with Crippen LogP contribution in [-0.4, -0.2) is 21.4 Å². The van der Waals surface area contributed by atoms with Gasteiger partial charge in [-0.2, -0.15) is 5.10 Å². The molecular formula is C10H7Cl2N3S. The summed E-state index contributed by atoms with van der Waals surface area (Å²) in [6.45, 7) is 0. The lowest BCUT2D eigenvalue weighted by atomic mass is 10.2. The number of aromatic nitrogens is 3. The van der Waals surface area contributed by atoms with E-state index in [1.807, 2.05) is 18.4 Å². The highest BCUT2D eigenvalue weighted by molar-refractivity contribution is 7.98. The smallest absolute Gasteiger partial charge is 0.209 e. The molecule has 0 aliphatic carbocycles. The molecule has 0 fully saturated rings. The lowest BCUT2D eigenvalue weighted by Gasteiger charge is -2.04. The average Bonchev–Trinajstić information content (AvgIpc) is 2.33. The first-order valence-corrected chi connectivity index (χ1v) is 6.38. The molecule has 3 nitrogen and oxygen atoms in total. The minimum absolute atomic E-state index is 0.483. The van der Waals surface area contributed by atoms with Gasteiger partial charge < -0.3 is 0 Å². The first-order valence-electron chi connectivity index (χ1n) is 4.40. The van der Waals surface area contributed by atoms with Gasteiger partial charge in [-0.05, 0) is 12.3 Å². The molecule has 6 heteroatoms.